The van der Waals surface area contributed by atoms with Gasteiger partial charge in [0.15, 0.2) is 0 Å². The van der Waals surface area contributed by atoms with Crippen LogP contribution in [0.4, 0.5) is 28.4 Å². The van der Waals surface area contributed by atoms with E-state index in [1.54, 1.807) is 0 Å². The zero-order valence-corrected chi connectivity index (χ0v) is 42.6. The number of furan rings is 1. The average molecular weight is 891 g/mol. The topological polar surface area (TPSA) is 19.6 Å². The number of benzene rings is 7. The summed E-state index contributed by atoms with van der Waals surface area (Å²) >= 11 is 0. The van der Waals surface area contributed by atoms with Crippen LogP contribution in [0, 0.1) is 0 Å². The molecule has 0 saturated heterocycles. The van der Waals surface area contributed by atoms with Gasteiger partial charge in [0.2, 0.25) is 0 Å². The molecular formula is C64H67BN2O. The Bertz CT molecular complexity index is 3500. The lowest BCUT2D eigenvalue weighted by Gasteiger charge is -2.49. The van der Waals surface area contributed by atoms with E-state index in [1.807, 2.05) is 0 Å². The second-order valence-electron chi connectivity index (χ2n) is 25.7. The van der Waals surface area contributed by atoms with Crippen molar-refractivity contribution in [1.29, 1.82) is 0 Å². The summed E-state index contributed by atoms with van der Waals surface area (Å²) in [6.45, 7) is 29.5. The summed E-state index contributed by atoms with van der Waals surface area (Å²) < 4.78 is 6.85. The maximum Gasteiger partial charge on any atom is 0.333 e. The van der Waals surface area contributed by atoms with E-state index in [0.717, 1.165) is 30.4 Å². The highest BCUT2D eigenvalue weighted by Crippen LogP contribution is 2.57. The molecule has 3 nitrogen and oxygen atoms in total. The Morgan fingerprint density at radius 1 is 0.441 bits per heavy atom. The molecule has 68 heavy (non-hydrogen) atoms. The van der Waals surface area contributed by atoms with Gasteiger partial charge in [-0.2, -0.15) is 0 Å². The van der Waals surface area contributed by atoms with Gasteiger partial charge in [0.1, 0.15) is 11.2 Å². The van der Waals surface area contributed by atoms with Crippen LogP contribution >= 0.6 is 0 Å². The van der Waals surface area contributed by atoms with Crippen molar-refractivity contribution in [3.8, 4) is 11.1 Å². The van der Waals surface area contributed by atoms with Crippen LogP contribution in [0.3, 0.4) is 0 Å². The standard InChI is InChI=1S/C64H67BN2O/c1-59(2)27-29-61(5,6)46-34-39(21-24-44(46)59)66-51-37-49-48(63(9,10)31-32-64(49,11)12)36-50(51)65-57-52(66)33-38-17-13-14-18-41(38)55(57)43-23-26-54-56(42-19-15-16-20-53(42)68-54)58(43)67(65)40-22-25-45-47(35-40)62(7,8)30-28-60(45,3)4/h13-26,33-37H,27-32H2,1-12H3. The van der Waals surface area contributed by atoms with Crippen molar-refractivity contribution in [2.24, 2.45) is 0 Å². The van der Waals surface area contributed by atoms with E-state index in [2.05, 4.69) is 208 Å². The lowest BCUT2D eigenvalue weighted by molar-refractivity contribution is 0.332. The molecule has 0 saturated carbocycles. The van der Waals surface area contributed by atoms with E-state index in [4.69, 9.17) is 4.42 Å². The van der Waals surface area contributed by atoms with Crippen molar-refractivity contribution < 1.29 is 4.42 Å². The van der Waals surface area contributed by atoms with E-state index in [-0.39, 0.29) is 39.3 Å². The van der Waals surface area contributed by atoms with Crippen LogP contribution in [0.2, 0.25) is 0 Å². The first-order valence-corrected chi connectivity index (χ1v) is 25.8. The van der Waals surface area contributed by atoms with Crippen molar-refractivity contribution in [1.82, 2.24) is 0 Å². The molecule has 0 radical (unpaired) electrons. The minimum absolute atomic E-state index is 0.0193. The fourth-order valence-corrected chi connectivity index (χ4v) is 14.1. The summed E-state index contributed by atoms with van der Waals surface area (Å²) in [5.41, 5.74) is 22.9. The predicted molar refractivity (Wildman–Crippen MR) is 291 cm³/mol. The zero-order chi connectivity index (χ0) is 47.2. The third-order valence-corrected chi connectivity index (χ3v) is 18.6. The third-order valence-electron chi connectivity index (χ3n) is 18.6. The van der Waals surface area contributed by atoms with E-state index in [1.165, 1.54) is 125 Å². The van der Waals surface area contributed by atoms with Gasteiger partial charge in [-0.05, 0) is 186 Å². The Labute approximate surface area is 405 Å². The monoisotopic (exact) mass is 891 g/mol. The summed E-state index contributed by atoms with van der Waals surface area (Å²) in [7, 11) is 0. The van der Waals surface area contributed by atoms with Crippen molar-refractivity contribution >= 4 is 78.9 Å². The molecule has 0 spiro atoms. The van der Waals surface area contributed by atoms with Crippen LogP contribution in [0.5, 0.6) is 0 Å². The molecule has 0 atom stereocenters. The summed E-state index contributed by atoms with van der Waals surface area (Å²) in [5, 5.41) is 4.92. The number of hydrogen-bond acceptors (Lipinski definition) is 3. The minimum Gasteiger partial charge on any atom is -0.456 e. The van der Waals surface area contributed by atoms with Crippen LogP contribution in [0.25, 0.3) is 43.8 Å². The van der Waals surface area contributed by atoms with Gasteiger partial charge in [-0.25, -0.2) is 0 Å². The fourth-order valence-electron chi connectivity index (χ4n) is 14.1. The normalized spacial score (nSPS) is 20.6. The molecule has 3 aliphatic carbocycles. The van der Waals surface area contributed by atoms with Crippen molar-refractivity contribution in [3.05, 3.63) is 149 Å². The second kappa shape index (κ2) is 13.5. The first kappa shape index (κ1) is 42.4. The van der Waals surface area contributed by atoms with Crippen molar-refractivity contribution in [2.45, 2.75) is 154 Å². The lowest BCUT2D eigenvalue weighted by atomic mass is 9.42. The SMILES string of the molecule is CC1(C)CCC(C)(C)c2cc(N3B4c5cc6c(cc5N(c5ccc7c(c5)C(C)(C)CCC7(C)C)c5cc7ccccc7c(c54)-c4ccc5oc7ccccc7c5c43)C(C)(C)CCC6(C)C)ccc21. The molecular weight excluding hydrogens is 824 g/mol. The first-order valence-electron chi connectivity index (χ1n) is 25.8. The third kappa shape index (κ3) is 5.73. The molecule has 5 aliphatic rings. The summed E-state index contributed by atoms with van der Waals surface area (Å²) in [6.07, 6.45) is 7.04. The Kier molecular flexibility index (Phi) is 8.43. The van der Waals surface area contributed by atoms with E-state index in [9.17, 15) is 0 Å². The number of nitrogens with zero attached hydrogens (tertiary/aromatic N) is 2. The highest BCUT2D eigenvalue weighted by atomic mass is 16.3. The number of para-hydroxylation sites is 1. The van der Waals surface area contributed by atoms with Crippen LogP contribution in [-0.4, -0.2) is 6.85 Å². The average Bonchev–Trinajstić information content (AvgIpc) is 3.69. The van der Waals surface area contributed by atoms with Crippen molar-refractivity contribution in [3.63, 3.8) is 0 Å². The first-order chi connectivity index (χ1) is 32.2. The summed E-state index contributed by atoms with van der Waals surface area (Å²) in [5.74, 6) is 0. The molecule has 342 valence electrons. The maximum absolute atomic E-state index is 6.85. The van der Waals surface area contributed by atoms with Gasteiger partial charge in [-0.3, -0.25) is 0 Å². The molecule has 4 heteroatoms. The molecule has 0 amide bonds. The lowest BCUT2D eigenvalue weighted by Crippen LogP contribution is -2.62. The molecule has 0 fully saturated rings. The fraction of sp³-hybridized carbons (Fsp3) is 0.375. The smallest absolute Gasteiger partial charge is 0.333 e. The number of anilines is 5. The Morgan fingerprint density at radius 2 is 0.956 bits per heavy atom. The highest BCUT2D eigenvalue weighted by molar-refractivity contribution is 6.94. The molecule has 13 rings (SSSR count). The van der Waals surface area contributed by atoms with Crippen LogP contribution in [0.15, 0.2) is 120 Å². The van der Waals surface area contributed by atoms with Crippen LogP contribution in [-0.2, 0) is 32.5 Å². The van der Waals surface area contributed by atoms with Crippen LogP contribution in [0.1, 0.15) is 155 Å². The Hall–Kier alpha value is -5.74. The van der Waals surface area contributed by atoms with Gasteiger partial charge in [-0.1, -0.05) is 144 Å². The molecule has 2 aliphatic heterocycles. The molecule has 7 aromatic carbocycles. The predicted octanol–water partition coefficient (Wildman–Crippen LogP) is 16.5. The quantitative estimate of drug-likeness (QED) is 0.161. The molecule has 0 unspecified atom stereocenters. The number of fused-ring (bicyclic) bond motifs is 13. The van der Waals surface area contributed by atoms with Crippen molar-refractivity contribution in [2.75, 3.05) is 9.71 Å². The van der Waals surface area contributed by atoms with Gasteiger partial charge in [0.05, 0.1) is 5.39 Å². The minimum atomic E-state index is -0.125. The van der Waals surface area contributed by atoms with E-state index >= 15 is 0 Å². The molecule has 0 N–H and O–H groups in total. The van der Waals surface area contributed by atoms with E-state index < -0.39 is 0 Å². The number of hydrogen-bond donors (Lipinski definition) is 0. The van der Waals surface area contributed by atoms with Gasteiger partial charge >= 0.3 is 6.85 Å². The maximum atomic E-state index is 6.85. The summed E-state index contributed by atoms with van der Waals surface area (Å²) in [4.78, 5) is 5.50. The summed E-state index contributed by atoms with van der Waals surface area (Å²) in [6, 6.07) is 45.6. The molecule has 1 aromatic heterocycles. The van der Waals surface area contributed by atoms with E-state index in [0.29, 0.717) is 0 Å². The highest BCUT2D eigenvalue weighted by Gasteiger charge is 2.50. The van der Waals surface area contributed by atoms with Gasteiger partial charge in [0.25, 0.3) is 0 Å². The van der Waals surface area contributed by atoms with Gasteiger partial charge in [0, 0.05) is 39.4 Å². The Balaban J connectivity index is 1.21. The largest absolute Gasteiger partial charge is 0.456 e. The molecule has 8 aromatic rings. The molecule has 3 heterocycles. The Morgan fingerprint density at radius 3 is 1.59 bits per heavy atom. The second-order valence-corrected chi connectivity index (χ2v) is 25.7. The number of rotatable bonds is 2. The van der Waals surface area contributed by atoms with Crippen LogP contribution < -0.4 is 20.6 Å². The van der Waals surface area contributed by atoms with Gasteiger partial charge < -0.3 is 14.1 Å². The van der Waals surface area contributed by atoms with Gasteiger partial charge in [-0.15, -0.1) is 0 Å². The molecule has 0 bridgehead atoms. The zero-order valence-electron chi connectivity index (χ0n) is 42.6.